The largest absolute Gasteiger partial charge is 0.329 e. The van der Waals surface area contributed by atoms with Crippen LogP contribution in [0.1, 0.15) is 20.3 Å². The van der Waals surface area contributed by atoms with Crippen molar-refractivity contribution < 1.29 is 17.7 Å². The number of nitrogens with one attached hydrogen (secondary N) is 1. The molecule has 0 radical (unpaired) electrons. The number of benzene rings is 1. The predicted molar refractivity (Wildman–Crippen MR) is 75.7 cm³/mol. The quantitative estimate of drug-likeness (QED) is 0.582. The third kappa shape index (κ3) is 5.03. The van der Waals surface area contributed by atoms with E-state index >= 15 is 0 Å². The monoisotopic (exact) mass is 319 g/mol. The molecule has 0 amide bonds. The maximum Gasteiger partial charge on any atom is 0.273 e. The maximum absolute atomic E-state index is 13.3. The van der Waals surface area contributed by atoms with Crippen molar-refractivity contribution in [1.29, 1.82) is 0 Å². The van der Waals surface area contributed by atoms with Crippen molar-refractivity contribution in [2.24, 2.45) is 11.7 Å². The summed E-state index contributed by atoms with van der Waals surface area (Å²) in [7, 11) is -4.07. The first-order chi connectivity index (χ1) is 9.65. The molecule has 1 atom stereocenters. The molecule has 21 heavy (non-hydrogen) atoms. The van der Waals surface area contributed by atoms with Gasteiger partial charge in [0.25, 0.3) is 5.69 Å². The number of non-ortho nitro benzene ring substituents is 1. The zero-order chi connectivity index (χ0) is 16.2. The van der Waals surface area contributed by atoms with Crippen LogP contribution in [-0.2, 0) is 10.0 Å². The maximum atomic E-state index is 13.3. The standard InChI is InChI=1S/C12H18FN3O4S/c1-8(2)3-10(7-14)15-21(19,20)12-5-9(13)4-11(6-12)16(17)18/h4-6,8,10,15H,3,7,14H2,1-2H3/t10-/m1/s1. The Labute approximate surface area is 122 Å². The molecule has 0 aliphatic carbocycles. The highest BCUT2D eigenvalue weighted by Crippen LogP contribution is 2.20. The summed E-state index contributed by atoms with van der Waals surface area (Å²) in [5, 5.41) is 10.7. The van der Waals surface area contributed by atoms with Crippen molar-refractivity contribution in [2.45, 2.75) is 31.2 Å². The van der Waals surface area contributed by atoms with Gasteiger partial charge in [-0.25, -0.2) is 17.5 Å². The lowest BCUT2D eigenvalue weighted by Crippen LogP contribution is -2.41. The van der Waals surface area contributed by atoms with Gasteiger partial charge in [0.05, 0.1) is 15.9 Å². The molecule has 0 saturated carbocycles. The van der Waals surface area contributed by atoms with Crippen molar-refractivity contribution in [3.8, 4) is 0 Å². The number of nitro benzene ring substituents is 1. The lowest BCUT2D eigenvalue weighted by atomic mass is 10.1. The van der Waals surface area contributed by atoms with Crippen LogP contribution < -0.4 is 10.5 Å². The fourth-order valence-corrected chi connectivity index (χ4v) is 3.17. The number of hydrogen-bond acceptors (Lipinski definition) is 5. The third-order valence-electron chi connectivity index (χ3n) is 2.74. The van der Waals surface area contributed by atoms with E-state index in [9.17, 15) is 22.9 Å². The van der Waals surface area contributed by atoms with Crippen molar-refractivity contribution in [1.82, 2.24) is 4.72 Å². The van der Waals surface area contributed by atoms with Gasteiger partial charge in [0.15, 0.2) is 0 Å². The molecule has 0 aliphatic rings. The summed E-state index contributed by atoms with van der Waals surface area (Å²) in [6.45, 7) is 3.89. The molecule has 0 bridgehead atoms. The number of halogens is 1. The van der Waals surface area contributed by atoms with E-state index in [1.807, 2.05) is 13.8 Å². The molecule has 7 nitrogen and oxygen atoms in total. The minimum atomic E-state index is -4.07. The molecule has 9 heteroatoms. The van der Waals surface area contributed by atoms with Crippen LogP contribution in [0.3, 0.4) is 0 Å². The van der Waals surface area contributed by atoms with Crippen LogP contribution in [0.25, 0.3) is 0 Å². The number of hydrogen-bond donors (Lipinski definition) is 2. The van der Waals surface area contributed by atoms with Gasteiger partial charge in [0, 0.05) is 18.7 Å². The molecular weight excluding hydrogens is 301 g/mol. The second-order valence-corrected chi connectivity index (χ2v) is 6.80. The zero-order valence-corrected chi connectivity index (χ0v) is 12.6. The summed E-state index contributed by atoms with van der Waals surface area (Å²) < 4.78 is 40.0. The van der Waals surface area contributed by atoms with Crippen molar-refractivity contribution >= 4 is 15.7 Å². The number of nitrogens with zero attached hydrogens (tertiary/aromatic N) is 1. The molecule has 3 N–H and O–H groups in total. The highest BCUT2D eigenvalue weighted by atomic mass is 32.2. The second-order valence-electron chi connectivity index (χ2n) is 5.09. The molecule has 0 saturated heterocycles. The van der Waals surface area contributed by atoms with E-state index in [0.29, 0.717) is 12.5 Å². The summed E-state index contributed by atoms with van der Waals surface area (Å²) >= 11 is 0. The molecule has 0 fully saturated rings. The van der Waals surface area contributed by atoms with Gasteiger partial charge in [-0.15, -0.1) is 0 Å². The first-order valence-electron chi connectivity index (χ1n) is 6.33. The van der Waals surface area contributed by atoms with Crippen LogP contribution in [0, 0.1) is 21.8 Å². The normalized spacial score (nSPS) is 13.4. The fourth-order valence-electron chi connectivity index (χ4n) is 1.86. The first-order valence-corrected chi connectivity index (χ1v) is 7.81. The number of nitrogens with two attached hydrogens (primary N) is 1. The average molecular weight is 319 g/mol. The van der Waals surface area contributed by atoms with Crippen LogP contribution in [0.4, 0.5) is 10.1 Å². The molecule has 0 unspecified atom stereocenters. The van der Waals surface area contributed by atoms with Gasteiger partial charge in [-0.3, -0.25) is 10.1 Å². The van der Waals surface area contributed by atoms with Crippen molar-refractivity contribution in [3.63, 3.8) is 0 Å². The zero-order valence-electron chi connectivity index (χ0n) is 11.7. The van der Waals surface area contributed by atoms with E-state index in [4.69, 9.17) is 5.73 Å². The second kappa shape index (κ2) is 6.92. The highest BCUT2D eigenvalue weighted by Gasteiger charge is 2.23. The van der Waals surface area contributed by atoms with Crippen LogP contribution in [-0.4, -0.2) is 25.9 Å². The van der Waals surface area contributed by atoms with E-state index < -0.39 is 37.4 Å². The molecule has 0 aliphatic heterocycles. The molecule has 0 aromatic heterocycles. The van der Waals surface area contributed by atoms with E-state index in [2.05, 4.69) is 4.72 Å². The minimum absolute atomic E-state index is 0.0782. The smallest absolute Gasteiger partial charge is 0.273 e. The molecule has 118 valence electrons. The summed E-state index contributed by atoms with van der Waals surface area (Å²) in [5.74, 6) is -0.777. The number of rotatable bonds is 7. The lowest BCUT2D eigenvalue weighted by Gasteiger charge is -2.18. The van der Waals surface area contributed by atoms with Gasteiger partial charge in [-0.1, -0.05) is 13.8 Å². The van der Waals surface area contributed by atoms with Gasteiger partial charge in [-0.05, 0) is 18.4 Å². The number of sulfonamides is 1. The summed E-state index contributed by atoms with van der Waals surface area (Å²) in [5.41, 5.74) is 4.88. The van der Waals surface area contributed by atoms with Gasteiger partial charge < -0.3 is 5.73 Å². The van der Waals surface area contributed by atoms with Crippen LogP contribution in [0.5, 0.6) is 0 Å². The summed E-state index contributed by atoms with van der Waals surface area (Å²) in [6.07, 6.45) is 0.507. The topological polar surface area (TPSA) is 115 Å². The fraction of sp³-hybridized carbons (Fsp3) is 0.500. The minimum Gasteiger partial charge on any atom is -0.329 e. The molecule has 1 aromatic carbocycles. The summed E-state index contributed by atoms with van der Waals surface area (Å²) in [6, 6.07) is 1.69. The van der Waals surface area contributed by atoms with Gasteiger partial charge in [-0.2, -0.15) is 0 Å². The number of nitro groups is 1. The van der Waals surface area contributed by atoms with Crippen LogP contribution in [0.15, 0.2) is 23.1 Å². The Balaban J connectivity index is 3.10. The Bertz CT molecular complexity index is 619. The average Bonchev–Trinajstić information content (AvgIpc) is 2.36. The Morgan fingerprint density at radius 2 is 2.00 bits per heavy atom. The third-order valence-corrected chi connectivity index (χ3v) is 4.24. The SMILES string of the molecule is CC(C)C[C@H](CN)NS(=O)(=O)c1cc(F)cc([N+](=O)[O-])c1. The summed E-state index contributed by atoms with van der Waals surface area (Å²) in [4.78, 5) is 9.32. The molecule has 0 heterocycles. The van der Waals surface area contributed by atoms with Gasteiger partial charge in [0.1, 0.15) is 5.82 Å². The predicted octanol–water partition coefficient (Wildman–Crippen LogP) is 1.39. The first kappa shape index (κ1) is 17.5. The Hall–Kier alpha value is -1.58. The van der Waals surface area contributed by atoms with Gasteiger partial charge in [0.2, 0.25) is 10.0 Å². The molecular formula is C12H18FN3O4S. The van der Waals surface area contributed by atoms with E-state index in [0.717, 1.165) is 12.1 Å². The van der Waals surface area contributed by atoms with Crippen molar-refractivity contribution in [3.05, 3.63) is 34.1 Å². The van der Waals surface area contributed by atoms with Crippen LogP contribution >= 0.6 is 0 Å². The van der Waals surface area contributed by atoms with E-state index in [-0.39, 0.29) is 12.5 Å². The van der Waals surface area contributed by atoms with Gasteiger partial charge >= 0.3 is 0 Å². The Kier molecular flexibility index (Phi) is 5.76. The van der Waals surface area contributed by atoms with Crippen molar-refractivity contribution in [2.75, 3.05) is 6.54 Å². The molecule has 1 rings (SSSR count). The van der Waals surface area contributed by atoms with E-state index in [1.165, 1.54) is 0 Å². The lowest BCUT2D eigenvalue weighted by molar-refractivity contribution is -0.385. The molecule has 0 spiro atoms. The van der Waals surface area contributed by atoms with Crippen LogP contribution in [0.2, 0.25) is 0 Å². The van der Waals surface area contributed by atoms with E-state index in [1.54, 1.807) is 0 Å². The Morgan fingerprint density at radius 3 is 2.48 bits per heavy atom. The highest BCUT2D eigenvalue weighted by molar-refractivity contribution is 7.89. The Morgan fingerprint density at radius 1 is 1.38 bits per heavy atom. The molecule has 1 aromatic rings.